The smallest absolute Gasteiger partial charge is 0.312 e. The molecule has 2 aliphatic heterocycles. The van der Waals surface area contributed by atoms with E-state index in [4.69, 9.17) is 18.9 Å². The molecular formula is C28H26O7. The molecule has 0 radical (unpaired) electrons. The summed E-state index contributed by atoms with van der Waals surface area (Å²) < 4.78 is 22.8. The molecule has 0 bridgehead atoms. The number of phenolic OH excluding ortho intramolecular Hbond substituents is 1. The topological polar surface area (TPSA) is 91.3 Å². The van der Waals surface area contributed by atoms with Crippen molar-refractivity contribution in [1.29, 1.82) is 0 Å². The number of carbonyl (C=O) groups excluding carboxylic acids is 2. The van der Waals surface area contributed by atoms with Crippen LogP contribution in [0.2, 0.25) is 0 Å². The number of rotatable bonds is 7. The molecule has 0 aliphatic carbocycles. The van der Waals surface area contributed by atoms with Gasteiger partial charge in [0.05, 0.1) is 32.3 Å². The van der Waals surface area contributed by atoms with Crippen molar-refractivity contribution in [3.05, 3.63) is 76.3 Å². The van der Waals surface area contributed by atoms with Crippen molar-refractivity contribution < 1.29 is 33.6 Å². The summed E-state index contributed by atoms with van der Waals surface area (Å²) >= 11 is 0. The molecule has 0 unspecified atom stereocenters. The average Bonchev–Trinajstić information content (AvgIpc) is 3.31. The van der Waals surface area contributed by atoms with Crippen molar-refractivity contribution in [3.63, 3.8) is 0 Å². The summed E-state index contributed by atoms with van der Waals surface area (Å²) in [6, 6.07) is 14.6. The summed E-state index contributed by atoms with van der Waals surface area (Å²) in [4.78, 5) is 24.5. The van der Waals surface area contributed by atoms with Crippen LogP contribution in [0.1, 0.15) is 51.9 Å². The summed E-state index contributed by atoms with van der Waals surface area (Å²) in [7, 11) is 1.56. The predicted molar refractivity (Wildman–Crippen MR) is 128 cm³/mol. The Kier molecular flexibility index (Phi) is 6.07. The van der Waals surface area contributed by atoms with Crippen molar-refractivity contribution in [3.8, 4) is 28.7 Å². The summed E-state index contributed by atoms with van der Waals surface area (Å²) in [5, 5.41) is 10.9. The van der Waals surface area contributed by atoms with Gasteiger partial charge in [0.1, 0.15) is 17.2 Å². The van der Waals surface area contributed by atoms with Crippen LogP contribution in [0, 0.1) is 0 Å². The number of hydrogen-bond acceptors (Lipinski definition) is 7. The minimum Gasteiger partial charge on any atom is -0.507 e. The van der Waals surface area contributed by atoms with Crippen LogP contribution >= 0.6 is 0 Å². The number of esters is 1. The van der Waals surface area contributed by atoms with E-state index >= 15 is 0 Å². The van der Waals surface area contributed by atoms with Gasteiger partial charge in [0.2, 0.25) is 0 Å². The zero-order valence-corrected chi connectivity index (χ0v) is 19.6. The summed E-state index contributed by atoms with van der Waals surface area (Å²) in [5.74, 6) is 0.756. The zero-order valence-electron chi connectivity index (χ0n) is 19.6. The van der Waals surface area contributed by atoms with Gasteiger partial charge in [-0.05, 0) is 42.3 Å². The third-order valence-corrected chi connectivity index (χ3v) is 6.50. The van der Waals surface area contributed by atoms with Gasteiger partial charge in [-0.2, -0.15) is 0 Å². The van der Waals surface area contributed by atoms with Crippen molar-refractivity contribution in [1.82, 2.24) is 0 Å². The molecule has 35 heavy (non-hydrogen) atoms. The van der Waals surface area contributed by atoms with Crippen LogP contribution in [-0.4, -0.2) is 37.2 Å². The van der Waals surface area contributed by atoms with E-state index in [1.54, 1.807) is 19.2 Å². The third-order valence-electron chi connectivity index (χ3n) is 6.50. The molecule has 1 atom stereocenters. The molecule has 2 aliphatic rings. The van der Waals surface area contributed by atoms with Gasteiger partial charge in [-0.1, -0.05) is 24.3 Å². The standard InChI is InChI=1S/C28H26O7/c1-16(29)19-7-9-23-26(27(19)31)21(15-25(30)35-23)20-4-3-5-24(32-2)28(20)34-12-10-17-6-8-22-18(14-17)11-13-33-22/h3-9,14,21,31H,10-13,15H2,1-2H3/t21-/m1/s1. The maximum atomic E-state index is 12.4. The largest absolute Gasteiger partial charge is 0.507 e. The summed E-state index contributed by atoms with van der Waals surface area (Å²) in [5.41, 5.74) is 3.60. The molecule has 7 heteroatoms. The first-order valence-electron chi connectivity index (χ1n) is 11.6. The zero-order chi connectivity index (χ0) is 24.5. The number of ketones is 1. The van der Waals surface area contributed by atoms with E-state index in [9.17, 15) is 14.7 Å². The van der Waals surface area contributed by atoms with E-state index in [1.165, 1.54) is 18.6 Å². The molecule has 0 saturated carbocycles. The minimum atomic E-state index is -0.562. The molecule has 5 rings (SSSR count). The first-order chi connectivity index (χ1) is 17.0. The maximum absolute atomic E-state index is 12.4. The molecule has 3 aromatic carbocycles. The number of Topliss-reactive ketones (excluding diaryl/α,β-unsaturated/α-hetero) is 1. The fourth-order valence-electron chi connectivity index (χ4n) is 4.79. The number of hydrogen-bond donors (Lipinski definition) is 1. The van der Waals surface area contributed by atoms with E-state index in [1.807, 2.05) is 24.3 Å². The lowest BCUT2D eigenvalue weighted by Crippen LogP contribution is -2.22. The Morgan fingerprint density at radius 1 is 1.14 bits per heavy atom. The lowest BCUT2D eigenvalue weighted by atomic mass is 9.83. The predicted octanol–water partition coefficient (Wildman–Crippen LogP) is 4.60. The van der Waals surface area contributed by atoms with Crippen LogP contribution in [0.25, 0.3) is 0 Å². The Labute approximate surface area is 203 Å². The van der Waals surface area contributed by atoms with Crippen LogP contribution in [-0.2, 0) is 17.6 Å². The van der Waals surface area contributed by atoms with Gasteiger partial charge in [0.15, 0.2) is 17.3 Å². The highest BCUT2D eigenvalue weighted by molar-refractivity contribution is 5.98. The van der Waals surface area contributed by atoms with Crippen LogP contribution < -0.4 is 18.9 Å². The maximum Gasteiger partial charge on any atom is 0.312 e. The van der Waals surface area contributed by atoms with Crippen molar-refractivity contribution >= 4 is 11.8 Å². The summed E-state index contributed by atoms with van der Waals surface area (Å²) in [6.07, 6.45) is 1.58. The van der Waals surface area contributed by atoms with Gasteiger partial charge in [-0.25, -0.2) is 0 Å². The number of ether oxygens (including phenoxy) is 4. The molecule has 0 amide bonds. The minimum absolute atomic E-state index is 0.00370. The van der Waals surface area contributed by atoms with Gasteiger partial charge in [0.25, 0.3) is 0 Å². The second-order valence-corrected chi connectivity index (χ2v) is 8.68. The lowest BCUT2D eigenvalue weighted by molar-refractivity contribution is -0.135. The highest BCUT2D eigenvalue weighted by Gasteiger charge is 2.35. The molecule has 0 spiro atoms. The molecule has 180 valence electrons. The fourth-order valence-corrected chi connectivity index (χ4v) is 4.79. The highest BCUT2D eigenvalue weighted by Crippen LogP contribution is 2.49. The van der Waals surface area contributed by atoms with Crippen molar-refractivity contribution in [2.75, 3.05) is 20.3 Å². The Morgan fingerprint density at radius 3 is 2.77 bits per heavy atom. The molecule has 7 nitrogen and oxygen atoms in total. The fraction of sp³-hybridized carbons (Fsp3) is 0.286. The van der Waals surface area contributed by atoms with Gasteiger partial charge < -0.3 is 24.1 Å². The lowest BCUT2D eigenvalue weighted by Gasteiger charge is -2.28. The molecule has 0 saturated heterocycles. The molecule has 0 fully saturated rings. The number of para-hydroxylation sites is 1. The van der Waals surface area contributed by atoms with Gasteiger partial charge >= 0.3 is 5.97 Å². The van der Waals surface area contributed by atoms with Gasteiger partial charge in [-0.3, -0.25) is 9.59 Å². The Balaban J connectivity index is 1.48. The van der Waals surface area contributed by atoms with Crippen molar-refractivity contribution in [2.24, 2.45) is 0 Å². The highest BCUT2D eigenvalue weighted by atomic mass is 16.5. The van der Waals surface area contributed by atoms with E-state index in [2.05, 4.69) is 6.07 Å². The number of fused-ring (bicyclic) bond motifs is 2. The molecule has 3 aromatic rings. The van der Waals surface area contributed by atoms with Crippen LogP contribution in [0.3, 0.4) is 0 Å². The van der Waals surface area contributed by atoms with Gasteiger partial charge in [-0.15, -0.1) is 0 Å². The quantitative estimate of drug-likeness (QED) is 0.304. The second-order valence-electron chi connectivity index (χ2n) is 8.68. The molecule has 1 N–H and O–H groups in total. The van der Waals surface area contributed by atoms with E-state index < -0.39 is 11.9 Å². The first-order valence-corrected chi connectivity index (χ1v) is 11.6. The summed E-state index contributed by atoms with van der Waals surface area (Å²) in [6.45, 7) is 2.48. The van der Waals surface area contributed by atoms with Crippen LogP contribution in [0.5, 0.6) is 28.7 Å². The van der Waals surface area contributed by atoms with Gasteiger partial charge in [0, 0.05) is 29.9 Å². The van der Waals surface area contributed by atoms with E-state index in [0.29, 0.717) is 42.3 Å². The van der Waals surface area contributed by atoms with E-state index in [-0.39, 0.29) is 29.3 Å². The molecule has 2 heterocycles. The van der Waals surface area contributed by atoms with E-state index in [0.717, 1.165) is 17.7 Å². The molecular weight excluding hydrogens is 448 g/mol. The van der Waals surface area contributed by atoms with Crippen LogP contribution in [0.4, 0.5) is 0 Å². The Bertz CT molecular complexity index is 1310. The monoisotopic (exact) mass is 474 g/mol. The SMILES string of the molecule is COc1cccc([C@H]2CC(=O)Oc3ccc(C(C)=O)c(O)c32)c1OCCc1ccc2c(c1)CCO2. The average molecular weight is 475 g/mol. The van der Waals surface area contributed by atoms with Crippen molar-refractivity contribution in [2.45, 2.75) is 32.1 Å². The molecule has 0 aromatic heterocycles. The number of methoxy groups -OCH3 is 1. The number of carbonyl (C=O) groups is 2. The number of aromatic hydroxyl groups is 1. The van der Waals surface area contributed by atoms with Crippen LogP contribution in [0.15, 0.2) is 48.5 Å². The number of phenols is 1. The Hall–Kier alpha value is -4.00. The number of benzene rings is 3. The first kappa shape index (κ1) is 22.8. The third kappa shape index (κ3) is 4.30. The second kappa shape index (κ2) is 9.33. The Morgan fingerprint density at radius 2 is 1.97 bits per heavy atom. The normalized spacial score (nSPS) is 16.1.